The predicted octanol–water partition coefficient (Wildman–Crippen LogP) is 4.20. The van der Waals surface area contributed by atoms with Crippen LogP contribution in [0.2, 0.25) is 0 Å². The molecule has 0 aromatic carbocycles. The van der Waals surface area contributed by atoms with E-state index in [0.717, 1.165) is 0 Å². The maximum atomic E-state index is 13.2. The van der Waals surface area contributed by atoms with Gasteiger partial charge in [-0.05, 0) is 48.9 Å². The van der Waals surface area contributed by atoms with E-state index in [1.54, 1.807) is 0 Å². The lowest BCUT2D eigenvalue weighted by molar-refractivity contribution is -0.162. The van der Waals surface area contributed by atoms with E-state index in [1.165, 1.54) is 13.8 Å². The first-order valence-corrected chi connectivity index (χ1v) is 9.92. The number of hydrogen-bond acceptors (Lipinski definition) is 5. The van der Waals surface area contributed by atoms with Crippen LogP contribution >= 0.6 is 0 Å². The van der Waals surface area contributed by atoms with Crippen LogP contribution in [0.4, 0.5) is 0 Å². The lowest BCUT2D eigenvalue weighted by atomic mass is 9.65. The molecular weight excluding hydrogens is 368 g/mol. The highest BCUT2D eigenvalue weighted by Crippen LogP contribution is 2.45. The Balaban J connectivity index is 2.25. The summed E-state index contributed by atoms with van der Waals surface area (Å²) in [4.78, 5) is 25.1. The third-order valence-electron chi connectivity index (χ3n) is 5.56. The summed E-state index contributed by atoms with van der Waals surface area (Å²) in [6.07, 6.45) is -7.95. The second kappa shape index (κ2) is 9.46. The van der Waals surface area contributed by atoms with Crippen molar-refractivity contribution < 1.29 is 42.0 Å². The van der Waals surface area contributed by atoms with Crippen LogP contribution in [0.3, 0.4) is 0 Å². The number of ether oxygens (including phenoxy) is 2. The largest absolute Gasteiger partial charge is 0.462 e. The Morgan fingerprint density at radius 1 is 1.55 bits per heavy atom. The molecule has 0 aromatic heterocycles. The highest BCUT2D eigenvalue weighted by Gasteiger charge is 2.42. The number of aliphatic hydroxyl groups is 1. The van der Waals surface area contributed by atoms with E-state index in [2.05, 4.69) is 0 Å². The molecule has 0 saturated carbocycles. The molecule has 29 heavy (non-hydrogen) atoms. The summed E-state index contributed by atoms with van der Waals surface area (Å²) in [6, 6.07) is -2.54. The van der Waals surface area contributed by atoms with Crippen LogP contribution < -0.4 is 0 Å². The summed E-state index contributed by atoms with van der Waals surface area (Å²) in [5.74, 6) is -12.0. The SMILES string of the molecule is [2H]C1=C([2H])[C@]([2H])(C)[C@H](CCC2C[C@@H](O)CC(=O)O2)[C@@H]2C1=C([2H])[C@]([2H])(C([2H])([2H])[2H])C([2H])([2H])C2OC(=O)[C@H](CC)C([2H])([2H])[2H]. The molecule has 2 aliphatic carbocycles. The molecule has 1 saturated heterocycles. The number of aliphatic hydroxyl groups excluding tert-OH is 1. The Bertz CT molecular complexity index is 1160. The van der Waals surface area contributed by atoms with Gasteiger partial charge in [-0.25, -0.2) is 0 Å². The molecule has 1 heterocycles. The van der Waals surface area contributed by atoms with Crippen LogP contribution in [-0.2, 0) is 19.1 Å². The molecule has 0 amide bonds. The number of allylic oxidation sites excluding steroid dienone is 3. The fourth-order valence-electron chi connectivity index (χ4n) is 3.97. The minimum absolute atomic E-state index is 0.0124. The lowest BCUT2D eigenvalue weighted by Crippen LogP contribution is -2.42. The molecule has 0 bridgehead atoms. The van der Waals surface area contributed by atoms with Gasteiger partial charge < -0.3 is 14.6 Å². The molecule has 3 rings (SSSR count). The second-order valence-electron chi connectivity index (χ2n) is 7.72. The Labute approximate surface area is 192 Å². The molecule has 2 unspecified atom stereocenters. The number of cyclic esters (lactones) is 1. The van der Waals surface area contributed by atoms with E-state index in [1.807, 2.05) is 0 Å². The third kappa shape index (κ3) is 5.30. The van der Waals surface area contributed by atoms with Gasteiger partial charge in [-0.15, -0.1) is 0 Å². The highest BCUT2D eigenvalue weighted by atomic mass is 16.5. The van der Waals surface area contributed by atoms with Gasteiger partial charge in [0, 0.05) is 26.0 Å². The van der Waals surface area contributed by atoms with E-state index in [4.69, 9.17) is 27.3 Å². The van der Waals surface area contributed by atoms with Gasteiger partial charge in [-0.3, -0.25) is 9.59 Å². The summed E-state index contributed by atoms with van der Waals surface area (Å²) in [5.41, 5.74) is -0.545. The van der Waals surface area contributed by atoms with E-state index in [9.17, 15) is 14.7 Å². The van der Waals surface area contributed by atoms with Gasteiger partial charge in [0.2, 0.25) is 0 Å². The number of hydrogen-bond donors (Lipinski definition) is 1. The molecule has 0 aromatic rings. The quantitative estimate of drug-likeness (QED) is 0.656. The molecule has 1 N–H and O–H groups in total. The Morgan fingerprint density at radius 2 is 2.38 bits per heavy atom. The number of esters is 2. The molecule has 3 aliphatic rings. The first-order chi connectivity index (χ1) is 18.9. The van der Waals surface area contributed by atoms with Gasteiger partial charge in [0.15, 0.2) is 0 Å². The fraction of sp³-hybridized carbons (Fsp3) is 0.750. The summed E-state index contributed by atoms with van der Waals surface area (Å²) in [7, 11) is 0. The van der Waals surface area contributed by atoms with Crippen molar-refractivity contribution in [1.82, 2.24) is 0 Å². The molecule has 1 fully saturated rings. The zero-order chi connectivity index (χ0) is 32.4. The van der Waals surface area contributed by atoms with Crippen molar-refractivity contribution in [2.45, 2.75) is 84.3 Å². The molecule has 0 radical (unpaired) electrons. The Kier molecular flexibility index (Phi) is 3.46. The topological polar surface area (TPSA) is 72.8 Å². The van der Waals surface area contributed by atoms with Crippen LogP contribution in [0.25, 0.3) is 0 Å². The fourth-order valence-corrected chi connectivity index (χ4v) is 3.97. The van der Waals surface area contributed by atoms with Crippen molar-refractivity contribution in [2.24, 2.45) is 29.5 Å². The first-order valence-electron chi connectivity index (χ1n) is 16.4. The van der Waals surface area contributed by atoms with Crippen LogP contribution in [0, 0.1) is 29.5 Å². The monoisotopic (exact) mass is 417 g/mol. The number of rotatable bonds is 6. The maximum absolute atomic E-state index is 13.2. The van der Waals surface area contributed by atoms with Gasteiger partial charge in [-0.2, -0.15) is 0 Å². The van der Waals surface area contributed by atoms with Crippen molar-refractivity contribution in [2.75, 3.05) is 0 Å². The standard InChI is InChI=1S/C24H36O5/c1-5-15(3)24(27)29-21-11-14(2)10-17-7-6-16(4)20(23(17)21)9-8-19-12-18(25)13-22(26)28-19/h6-7,10,14-16,18-21,23,25H,5,8-9,11-13H2,1-4H3/t14-,15-,16-,18+,19?,20-,21?,23-/m0/s1/i2D3,3D3,6D,7D,10D,11D2,14D,16D. The van der Waals surface area contributed by atoms with Crippen LogP contribution in [0.5, 0.6) is 0 Å². The normalized spacial score (nSPS) is 53.1. The second-order valence-corrected chi connectivity index (χ2v) is 7.72. The van der Waals surface area contributed by atoms with Crippen molar-refractivity contribution in [3.63, 3.8) is 0 Å². The molecule has 5 nitrogen and oxygen atoms in total. The van der Waals surface area contributed by atoms with Gasteiger partial charge in [0.05, 0.1) is 22.6 Å². The summed E-state index contributed by atoms with van der Waals surface area (Å²) < 4.78 is 119. The van der Waals surface area contributed by atoms with Crippen molar-refractivity contribution >= 4 is 11.9 Å². The first kappa shape index (κ1) is 10.6. The molecule has 162 valence electrons. The minimum atomic E-state index is -3.53. The highest BCUT2D eigenvalue weighted by molar-refractivity contribution is 5.72. The third-order valence-corrected chi connectivity index (χ3v) is 5.56. The van der Waals surface area contributed by atoms with E-state index < -0.39 is 104 Å². The average molecular weight is 418 g/mol. The van der Waals surface area contributed by atoms with Crippen molar-refractivity contribution in [1.29, 1.82) is 0 Å². The number of carbonyl (C=O) groups is 2. The van der Waals surface area contributed by atoms with Gasteiger partial charge in [-0.1, -0.05) is 45.7 Å². The number of carbonyl (C=O) groups excluding carboxylic acids is 2. The molecule has 1 aliphatic heterocycles. The number of fused-ring (bicyclic) bond motifs is 1. The van der Waals surface area contributed by atoms with Gasteiger partial charge in [0.1, 0.15) is 12.2 Å². The average Bonchev–Trinajstić information content (AvgIpc) is 2.81. The van der Waals surface area contributed by atoms with E-state index in [-0.39, 0.29) is 32.1 Å². The molecular formula is C24H36O5. The smallest absolute Gasteiger partial charge is 0.308 e. The molecule has 5 heteroatoms. The van der Waals surface area contributed by atoms with Crippen LogP contribution in [0.1, 0.15) is 83.8 Å². The summed E-state index contributed by atoms with van der Waals surface area (Å²) in [6.45, 7) is -3.75. The minimum Gasteiger partial charge on any atom is -0.462 e. The Morgan fingerprint density at radius 3 is 3.07 bits per heavy atom. The predicted molar refractivity (Wildman–Crippen MR) is 111 cm³/mol. The van der Waals surface area contributed by atoms with Crippen molar-refractivity contribution in [3.05, 3.63) is 23.7 Å². The van der Waals surface area contributed by atoms with E-state index in [0.29, 0.717) is 0 Å². The van der Waals surface area contributed by atoms with Gasteiger partial charge >= 0.3 is 11.9 Å². The Hall–Kier alpha value is -1.62. The van der Waals surface area contributed by atoms with Crippen molar-refractivity contribution in [3.8, 4) is 0 Å². The zero-order valence-electron chi connectivity index (χ0n) is 29.6. The zero-order valence-corrected chi connectivity index (χ0v) is 16.6. The van der Waals surface area contributed by atoms with E-state index >= 15 is 0 Å². The summed E-state index contributed by atoms with van der Waals surface area (Å²) in [5, 5.41) is 10.0. The van der Waals surface area contributed by atoms with Gasteiger partial charge in [0.25, 0.3) is 0 Å². The molecule has 8 atom stereocenters. The molecule has 0 spiro atoms. The summed E-state index contributed by atoms with van der Waals surface area (Å²) >= 11 is 0. The van der Waals surface area contributed by atoms with Crippen LogP contribution in [0.15, 0.2) is 23.7 Å². The van der Waals surface area contributed by atoms with Crippen LogP contribution in [-0.4, -0.2) is 35.4 Å². The maximum Gasteiger partial charge on any atom is 0.308 e. The lowest BCUT2D eigenvalue weighted by Gasteiger charge is -2.43.